The maximum Gasteiger partial charge on any atom is 0.254 e. The van der Waals surface area contributed by atoms with Crippen LogP contribution >= 0.6 is 0 Å². The molecule has 0 saturated carbocycles. The normalized spacial score (nSPS) is 18.3. The Kier molecular flexibility index (Phi) is 9.89. The Balaban J connectivity index is 1.07. The molecule has 1 atom stereocenters. The first-order valence-electron chi connectivity index (χ1n) is 17.5. The monoisotopic (exact) mass is 674 g/mol. The lowest BCUT2D eigenvalue weighted by Crippen LogP contribution is -2.39. The molecule has 5 aromatic rings. The van der Waals surface area contributed by atoms with Crippen LogP contribution in [0.4, 0.5) is 5.95 Å². The quantitative estimate of drug-likeness (QED) is 0.172. The summed E-state index contributed by atoms with van der Waals surface area (Å²) in [7, 11) is 4.71. The van der Waals surface area contributed by atoms with Crippen molar-refractivity contribution in [3.63, 3.8) is 0 Å². The Bertz CT molecular complexity index is 1890. The van der Waals surface area contributed by atoms with Crippen LogP contribution in [-0.4, -0.2) is 97.4 Å². The van der Waals surface area contributed by atoms with E-state index >= 15 is 0 Å². The number of hydrogen-bond acceptors (Lipinski definition) is 8. The lowest BCUT2D eigenvalue weighted by Gasteiger charge is -2.33. The van der Waals surface area contributed by atoms with E-state index in [1.165, 1.54) is 11.1 Å². The number of benzene rings is 3. The van der Waals surface area contributed by atoms with Gasteiger partial charge in [0.05, 0.1) is 38.9 Å². The van der Waals surface area contributed by atoms with Gasteiger partial charge >= 0.3 is 0 Å². The second kappa shape index (κ2) is 14.8. The molecule has 0 bridgehead atoms. The number of pyridine rings is 1. The largest absolute Gasteiger partial charge is 0.493 e. The van der Waals surface area contributed by atoms with E-state index in [0.717, 1.165) is 75.5 Å². The van der Waals surface area contributed by atoms with Gasteiger partial charge in [0.15, 0.2) is 11.5 Å². The number of methoxy groups -OCH3 is 3. The summed E-state index contributed by atoms with van der Waals surface area (Å²) in [5.41, 5.74) is 5.07. The molecule has 1 unspecified atom stereocenters. The third kappa shape index (κ3) is 6.72. The first-order valence-corrected chi connectivity index (χ1v) is 17.5. The molecule has 10 heteroatoms. The van der Waals surface area contributed by atoms with Gasteiger partial charge in [0.2, 0.25) is 11.7 Å². The van der Waals surface area contributed by atoms with Gasteiger partial charge in [-0.2, -0.15) is 0 Å². The van der Waals surface area contributed by atoms with Crippen molar-refractivity contribution in [3.8, 4) is 17.2 Å². The summed E-state index contributed by atoms with van der Waals surface area (Å²) in [4.78, 5) is 30.4. The van der Waals surface area contributed by atoms with Gasteiger partial charge in [0.25, 0.3) is 5.91 Å². The van der Waals surface area contributed by atoms with E-state index in [1.54, 1.807) is 33.5 Å². The summed E-state index contributed by atoms with van der Waals surface area (Å²) in [6.07, 6.45) is 6.64. The number of anilines is 1. The van der Waals surface area contributed by atoms with Crippen LogP contribution in [0.15, 0.2) is 91.3 Å². The molecule has 0 N–H and O–H groups in total. The second-order valence-electron chi connectivity index (χ2n) is 13.3. The number of hydrogen-bond donors (Lipinski definition) is 0. The SMILES string of the molecule is COc1cc(C(=O)N2CCC(CCN3CCCN(c4nc5ccccc5n4Cc4ccncc4)CC3)(c3ccccc3)C2)cc(OC)c1OC. The van der Waals surface area contributed by atoms with E-state index in [2.05, 4.69) is 86.1 Å². The number of para-hydroxylation sites is 2. The van der Waals surface area contributed by atoms with Crippen molar-refractivity contribution in [3.05, 3.63) is 108 Å². The number of likely N-dealkylation sites (tertiary alicyclic amines) is 1. The Labute approximate surface area is 294 Å². The zero-order valence-corrected chi connectivity index (χ0v) is 29.3. The zero-order valence-electron chi connectivity index (χ0n) is 29.3. The number of carbonyl (C=O) groups excluding carboxylic acids is 1. The summed E-state index contributed by atoms with van der Waals surface area (Å²) >= 11 is 0. The number of fused-ring (bicyclic) bond motifs is 1. The molecule has 2 aromatic heterocycles. The fourth-order valence-electron chi connectivity index (χ4n) is 7.71. The summed E-state index contributed by atoms with van der Waals surface area (Å²) < 4.78 is 18.9. The van der Waals surface area contributed by atoms with Crippen LogP contribution in [0, 0.1) is 0 Å². The minimum Gasteiger partial charge on any atom is -0.493 e. The summed E-state index contributed by atoms with van der Waals surface area (Å²) in [5, 5.41) is 0. The van der Waals surface area contributed by atoms with Crippen molar-refractivity contribution in [1.29, 1.82) is 0 Å². The molecule has 2 aliphatic rings. The van der Waals surface area contributed by atoms with Gasteiger partial charge in [-0.25, -0.2) is 4.98 Å². The Morgan fingerprint density at radius 1 is 0.820 bits per heavy atom. The van der Waals surface area contributed by atoms with Crippen molar-refractivity contribution in [1.82, 2.24) is 24.3 Å². The number of aromatic nitrogens is 3. The molecule has 4 heterocycles. The lowest BCUT2D eigenvalue weighted by atomic mass is 9.76. The minimum atomic E-state index is -0.137. The predicted octanol–water partition coefficient (Wildman–Crippen LogP) is 5.89. The van der Waals surface area contributed by atoms with Crippen molar-refractivity contribution < 1.29 is 19.0 Å². The second-order valence-corrected chi connectivity index (χ2v) is 13.3. The number of rotatable bonds is 11. The van der Waals surface area contributed by atoms with E-state index < -0.39 is 0 Å². The summed E-state index contributed by atoms with van der Waals surface area (Å²) in [6.45, 7) is 6.90. The van der Waals surface area contributed by atoms with Crippen molar-refractivity contribution >= 4 is 22.9 Å². The molecule has 0 spiro atoms. The fourth-order valence-corrected chi connectivity index (χ4v) is 7.71. The topological polar surface area (TPSA) is 85.2 Å². The van der Waals surface area contributed by atoms with Gasteiger partial charge in [-0.15, -0.1) is 0 Å². The van der Waals surface area contributed by atoms with E-state index in [-0.39, 0.29) is 11.3 Å². The third-order valence-corrected chi connectivity index (χ3v) is 10.4. The maximum atomic E-state index is 14.0. The molecular formula is C40H46N6O4. The summed E-state index contributed by atoms with van der Waals surface area (Å²) in [5.74, 6) is 2.44. The number of amides is 1. The van der Waals surface area contributed by atoms with E-state index in [0.29, 0.717) is 35.9 Å². The highest BCUT2D eigenvalue weighted by molar-refractivity contribution is 5.96. The van der Waals surface area contributed by atoms with Gasteiger partial charge < -0.3 is 33.5 Å². The average molecular weight is 675 g/mol. The maximum absolute atomic E-state index is 14.0. The Morgan fingerprint density at radius 3 is 2.30 bits per heavy atom. The van der Waals surface area contributed by atoms with Gasteiger partial charge in [-0.3, -0.25) is 9.78 Å². The Morgan fingerprint density at radius 2 is 1.56 bits per heavy atom. The molecule has 50 heavy (non-hydrogen) atoms. The van der Waals surface area contributed by atoms with Gasteiger partial charge in [-0.05, 0) is 79.9 Å². The third-order valence-electron chi connectivity index (χ3n) is 10.4. The lowest BCUT2D eigenvalue weighted by molar-refractivity contribution is 0.0780. The van der Waals surface area contributed by atoms with Crippen LogP contribution in [0.25, 0.3) is 11.0 Å². The number of carbonyl (C=O) groups is 1. The van der Waals surface area contributed by atoms with Crippen LogP contribution in [0.3, 0.4) is 0 Å². The van der Waals surface area contributed by atoms with Crippen molar-refractivity contribution in [2.24, 2.45) is 0 Å². The molecule has 10 nitrogen and oxygen atoms in total. The molecule has 1 amide bonds. The molecule has 260 valence electrons. The molecule has 0 radical (unpaired) electrons. The van der Waals surface area contributed by atoms with Crippen LogP contribution in [0.2, 0.25) is 0 Å². The number of nitrogens with zero attached hydrogens (tertiary/aromatic N) is 6. The van der Waals surface area contributed by atoms with Crippen LogP contribution in [0.5, 0.6) is 17.2 Å². The van der Waals surface area contributed by atoms with Gasteiger partial charge in [0, 0.05) is 56.1 Å². The van der Waals surface area contributed by atoms with Gasteiger partial charge in [-0.1, -0.05) is 42.5 Å². The first-order chi connectivity index (χ1) is 24.5. The predicted molar refractivity (Wildman–Crippen MR) is 196 cm³/mol. The molecule has 2 saturated heterocycles. The highest BCUT2D eigenvalue weighted by Gasteiger charge is 2.42. The van der Waals surface area contributed by atoms with E-state index in [4.69, 9.17) is 19.2 Å². The van der Waals surface area contributed by atoms with Crippen molar-refractivity contribution in [2.45, 2.75) is 31.2 Å². The molecule has 2 aliphatic heterocycles. The average Bonchev–Trinajstić information content (AvgIpc) is 3.68. The molecular weight excluding hydrogens is 628 g/mol. The molecule has 2 fully saturated rings. The highest BCUT2D eigenvalue weighted by Crippen LogP contribution is 2.41. The van der Waals surface area contributed by atoms with E-state index in [9.17, 15) is 4.79 Å². The van der Waals surface area contributed by atoms with Gasteiger partial charge in [0.1, 0.15) is 0 Å². The summed E-state index contributed by atoms with van der Waals surface area (Å²) in [6, 6.07) is 26.8. The van der Waals surface area contributed by atoms with Crippen LogP contribution in [-0.2, 0) is 12.0 Å². The highest BCUT2D eigenvalue weighted by atomic mass is 16.5. The Hall–Kier alpha value is -5.09. The van der Waals surface area contributed by atoms with E-state index in [1.807, 2.05) is 17.3 Å². The smallest absolute Gasteiger partial charge is 0.254 e. The molecule has 0 aliphatic carbocycles. The van der Waals surface area contributed by atoms with Crippen molar-refractivity contribution in [2.75, 3.05) is 72.0 Å². The zero-order chi connectivity index (χ0) is 34.5. The first kappa shape index (κ1) is 33.4. The number of imidazole rings is 1. The van der Waals surface area contributed by atoms with Crippen LogP contribution < -0.4 is 19.1 Å². The number of ether oxygens (including phenoxy) is 3. The minimum absolute atomic E-state index is 0.0258. The standard InChI is InChI=1S/C40H46N6O4/c1-48-35-26-31(27-36(49-2)37(35)50-3)38(47)45-23-17-40(29-45,32-10-5-4-6-11-32)16-22-43-20-9-21-44(25-24-43)39-42-33-12-7-8-13-34(33)46(39)28-30-14-18-41-19-15-30/h4-8,10-15,18-19,26-27H,9,16-17,20-25,28-29H2,1-3H3. The van der Waals surface area contributed by atoms with Crippen LogP contribution in [0.1, 0.15) is 40.7 Å². The fraction of sp³-hybridized carbons (Fsp3) is 0.375. The molecule has 3 aromatic carbocycles. The molecule has 7 rings (SSSR count).